The van der Waals surface area contributed by atoms with Gasteiger partial charge >= 0.3 is 17.9 Å². The molecule has 0 heterocycles. The molecule has 0 aliphatic heterocycles. The summed E-state index contributed by atoms with van der Waals surface area (Å²) in [5.41, 5.74) is 0. The highest BCUT2D eigenvalue weighted by atomic mass is 16.6. The standard InChI is InChI=1S/C43H82O6/c1-6-9-10-11-12-13-17-23-28-33-41(44)47-36-40(49-43(46)35-30-25-20-19-22-27-32-39(5)8-3)37-48-42(45)34-29-24-18-15-14-16-21-26-31-38(4)7-2/h38-40H,6-37H2,1-5H3/t38?,39?,40-/m1/s1. The van der Waals surface area contributed by atoms with Gasteiger partial charge in [0.2, 0.25) is 0 Å². The molecular formula is C43H82O6. The fourth-order valence-electron chi connectivity index (χ4n) is 6.16. The number of carbonyl (C=O) groups excluding carboxylic acids is 3. The Kier molecular flexibility index (Phi) is 35.0. The summed E-state index contributed by atoms with van der Waals surface area (Å²) in [5.74, 6) is 0.789. The normalized spacial score (nSPS) is 13.2. The molecule has 0 rings (SSSR count). The Labute approximate surface area is 304 Å². The highest BCUT2D eigenvalue weighted by Crippen LogP contribution is 2.17. The van der Waals surface area contributed by atoms with E-state index in [1.54, 1.807) is 0 Å². The maximum Gasteiger partial charge on any atom is 0.306 e. The van der Waals surface area contributed by atoms with Gasteiger partial charge < -0.3 is 14.2 Å². The SMILES string of the molecule is CCCCCCCCCCCC(=O)OC[C@H](COC(=O)CCCCCCCCCCC(C)CC)OC(=O)CCCCCCCCC(C)CC. The first-order valence-corrected chi connectivity index (χ1v) is 21.3. The van der Waals surface area contributed by atoms with Crippen LogP contribution in [0.15, 0.2) is 0 Å². The molecule has 2 unspecified atom stereocenters. The van der Waals surface area contributed by atoms with Gasteiger partial charge in [-0.15, -0.1) is 0 Å². The third-order valence-electron chi connectivity index (χ3n) is 10.2. The van der Waals surface area contributed by atoms with Crippen LogP contribution in [-0.2, 0) is 28.6 Å². The van der Waals surface area contributed by atoms with Gasteiger partial charge in [0.15, 0.2) is 6.10 Å². The minimum Gasteiger partial charge on any atom is -0.462 e. The van der Waals surface area contributed by atoms with Gasteiger partial charge in [0.25, 0.3) is 0 Å². The van der Waals surface area contributed by atoms with E-state index in [4.69, 9.17) is 14.2 Å². The molecular weight excluding hydrogens is 612 g/mol. The van der Waals surface area contributed by atoms with Crippen LogP contribution in [0.2, 0.25) is 0 Å². The molecule has 0 saturated heterocycles. The Morgan fingerprint density at radius 2 is 0.714 bits per heavy atom. The Balaban J connectivity index is 4.36. The van der Waals surface area contributed by atoms with Crippen LogP contribution in [0, 0.1) is 11.8 Å². The smallest absolute Gasteiger partial charge is 0.306 e. The third kappa shape index (κ3) is 34.6. The Bertz CT molecular complexity index is 753. The van der Waals surface area contributed by atoms with E-state index in [0.717, 1.165) is 69.6 Å². The van der Waals surface area contributed by atoms with E-state index in [-0.39, 0.29) is 31.1 Å². The molecule has 49 heavy (non-hydrogen) atoms. The second kappa shape index (κ2) is 36.2. The molecule has 0 fully saturated rings. The van der Waals surface area contributed by atoms with Crippen molar-refractivity contribution in [3.05, 3.63) is 0 Å². The number of hydrogen-bond acceptors (Lipinski definition) is 6. The lowest BCUT2D eigenvalue weighted by atomic mass is 9.99. The molecule has 0 aromatic carbocycles. The zero-order valence-corrected chi connectivity index (χ0v) is 33.3. The summed E-state index contributed by atoms with van der Waals surface area (Å²) in [7, 11) is 0. The molecule has 0 aromatic rings. The van der Waals surface area contributed by atoms with Crippen molar-refractivity contribution in [3.8, 4) is 0 Å². The number of hydrogen-bond donors (Lipinski definition) is 0. The summed E-state index contributed by atoms with van der Waals surface area (Å²) in [6.07, 6.45) is 32.3. The van der Waals surface area contributed by atoms with Crippen LogP contribution in [0.4, 0.5) is 0 Å². The first-order chi connectivity index (χ1) is 23.8. The molecule has 0 N–H and O–H groups in total. The molecule has 0 bridgehead atoms. The predicted molar refractivity (Wildman–Crippen MR) is 206 cm³/mol. The van der Waals surface area contributed by atoms with Crippen molar-refractivity contribution in [2.24, 2.45) is 11.8 Å². The molecule has 0 spiro atoms. The van der Waals surface area contributed by atoms with E-state index >= 15 is 0 Å². The van der Waals surface area contributed by atoms with Crippen LogP contribution in [0.3, 0.4) is 0 Å². The van der Waals surface area contributed by atoms with Crippen molar-refractivity contribution in [3.63, 3.8) is 0 Å². The molecule has 6 heteroatoms. The molecule has 6 nitrogen and oxygen atoms in total. The quantitative estimate of drug-likeness (QED) is 0.0366. The zero-order valence-electron chi connectivity index (χ0n) is 33.3. The van der Waals surface area contributed by atoms with Gasteiger partial charge in [0, 0.05) is 19.3 Å². The van der Waals surface area contributed by atoms with Crippen LogP contribution >= 0.6 is 0 Å². The molecule has 0 radical (unpaired) electrons. The predicted octanol–water partition coefficient (Wildman–Crippen LogP) is 13.0. The largest absolute Gasteiger partial charge is 0.462 e. The van der Waals surface area contributed by atoms with Gasteiger partial charge in [-0.1, -0.05) is 189 Å². The number of carbonyl (C=O) groups is 3. The first-order valence-electron chi connectivity index (χ1n) is 21.3. The lowest BCUT2D eigenvalue weighted by Gasteiger charge is -2.18. The van der Waals surface area contributed by atoms with Gasteiger partial charge in [-0.25, -0.2) is 0 Å². The van der Waals surface area contributed by atoms with Crippen molar-refractivity contribution < 1.29 is 28.6 Å². The highest BCUT2D eigenvalue weighted by Gasteiger charge is 2.19. The Hall–Kier alpha value is -1.59. The molecule has 3 atom stereocenters. The fraction of sp³-hybridized carbons (Fsp3) is 0.930. The minimum absolute atomic E-state index is 0.0666. The lowest BCUT2D eigenvalue weighted by molar-refractivity contribution is -0.167. The van der Waals surface area contributed by atoms with E-state index in [0.29, 0.717) is 19.3 Å². The second-order valence-electron chi connectivity index (χ2n) is 15.1. The first kappa shape index (κ1) is 47.4. The highest BCUT2D eigenvalue weighted by molar-refractivity contribution is 5.71. The Morgan fingerprint density at radius 3 is 1.06 bits per heavy atom. The van der Waals surface area contributed by atoms with E-state index in [1.807, 2.05) is 0 Å². The summed E-state index contributed by atoms with van der Waals surface area (Å²) >= 11 is 0. The summed E-state index contributed by atoms with van der Waals surface area (Å²) in [6.45, 7) is 11.3. The molecule has 0 saturated carbocycles. The second-order valence-corrected chi connectivity index (χ2v) is 15.1. The number of ether oxygens (including phenoxy) is 3. The zero-order chi connectivity index (χ0) is 36.2. The summed E-state index contributed by atoms with van der Waals surface area (Å²) in [4.78, 5) is 37.5. The maximum atomic E-state index is 12.6. The van der Waals surface area contributed by atoms with E-state index in [9.17, 15) is 14.4 Å². The van der Waals surface area contributed by atoms with Crippen molar-refractivity contribution in [2.45, 2.75) is 233 Å². The van der Waals surface area contributed by atoms with Crippen LogP contribution < -0.4 is 0 Å². The molecule has 0 aliphatic rings. The topological polar surface area (TPSA) is 78.9 Å². The van der Waals surface area contributed by atoms with E-state index in [2.05, 4.69) is 34.6 Å². The molecule has 290 valence electrons. The average molecular weight is 695 g/mol. The molecule has 0 aliphatic carbocycles. The van der Waals surface area contributed by atoms with Gasteiger partial charge in [-0.3, -0.25) is 14.4 Å². The molecule has 0 amide bonds. The number of rotatable bonds is 37. The van der Waals surface area contributed by atoms with Gasteiger partial charge in [0.05, 0.1) is 0 Å². The van der Waals surface area contributed by atoms with Crippen molar-refractivity contribution >= 4 is 17.9 Å². The number of esters is 3. The lowest BCUT2D eigenvalue weighted by Crippen LogP contribution is -2.30. The summed E-state index contributed by atoms with van der Waals surface area (Å²) < 4.78 is 16.6. The third-order valence-corrected chi connectivity index (χ3v) is 10.2. The summed E-state index contributed by atoms with van der Waals surface area (Å²) in [5, 5.41) is 0. The molecule has 0 aromatic heterocycles. The fourth-order valence-corrected chi connectivity index (χ4v) is 6.16. The van der Waals surface area contributed by atoms with Crippen molar-refractivity contribution in [1.29, 1.82) is 0 Å². The van der Waals surface area contributed by atoms with E-state index < -0.39 is 6.10 Å². The maximum absolute atomic E-state index is 12.6. The Morgan fingerprint density at radius 1 is 0.408 bits per heavy atom. The van der Waals surface area contributed by atoms with Crippen LogP contribution in [0.1, 0.15) is 227 Å². The van der Waals surface area contributed by atoms with Gasteiger partial charge in [-0.2, -0.15) is 0 Å². The van der Waals surface area contributed by atoms with Crippen molar-refractivity contribution in [2.75, 3.05) is 13.2 Å². The van der Waals surface area contributed by atoms with Gasteiger partial charge in [-0.05, 0) is 31.1 Å². The van der Waals surface area contributed by atoms with E-state index in [1.165, 1.54) is 116 Å². The van der Waals surface area contributed by atoms with Crippen molar-refractivity contribution in [1.82, 2.24) is 0 Å². The average Bonchev–Trinajstić information content (AvgIpc) is 3.10. The number of unbranched alkanes of at least 4 members (excludes halogenated alkanes) is 20. The minimum atomic E-state index is -0.760. The van der Waals surface area contributed by atoms with Crippen LogP contribution in [-0.4, -0.2) is 37.2 Å². The van der Waals surface area contributed by atoms with Gasteiger partial charge in [0.1, 0.15) is 13.2 Å². The monoisotopic (exact) mass is 695 g/mol. The van der Waals surface area contributed by atoms with Crippen LogP contribution in [0.5, 0.6) is 0 Å². The van der Waals surface area contributed by atoms with Crippen LogP contribution in [0.25, 0.3) is 0 Å². The summed E-state index contributed by atoms with van der Waals surface area (Å²) in [6, 6.07) is 0.